The summed E-state index contributed by atoms with van der Waals surface area (Å²) >= 11 is 0. The topological polar surface area (TPSA) is 90.6 Å². The molecule has 4 rings (SSSR count). The maximum atomic E-state index is 15.5. The number of primary amides is 1. The highest BCUT2D eigenvalue weighted by Crippen LogP contribution is 2.32. The van der Waals surface area contributed by atoms with Gasteiger partial charge in [-0.05, 0) is 41.7 Å². The first kappa shape index (κ1) is 25.4. The summed E-state index contributed by atoms with van der Waals surface area (Å²) in [5.74, 6) is -0.690. The molecule has 1 atom stereocenters. The fourth-order valence-electron chi connectivity index (χ4n) is 4.16. The molecule has 0 aliphatic carbocycles. The second-order valence-electron chi connectivity index (χ2n) is 8.68. The number of amides is 1. The molecule has 3 aromatic rings. The van der Waals surface area contributed by atoms with Crippen molar-refractivity contribution in [1.29, 1.82) is 0 Å². The maximum Gasteiger partial charge on any atom is 0.394 e. The van der Waals surface area contributed by atoms with Gasteiger partial charge in [0.05, 0.1) is 31.4 Å². The smallest absolute Gasteiger partial charge is 0.394 e. The van der Waals surface area contributed by atoms with Gasteiger partial charge in [0.15, 0.2) is 11.6 Å². The minimum absolute atomic E-state index is 0.0349. The molecule has 2 aromatic carbocycles. The Morgan fingerprint density at radius 2 is 1.81 bits per heavy atom. The molecule has 1 aliphatic heterocycles. The number of carbonyl (C=O) groups is 1. The SMILES string of the molecule is CC(F)(F)Oc1ccc(C2COCCN2c2ncnc(CCc3ccc(CC(N)=O)cc3)c2F)cc1. The van der Waals surface area contributed by atoms with Crippen molar-refractivity contribution in [3.63, 3.8) is 0 Å². The number of benzene rings is 2. The summed E-state index contributed by atoms with van der Waals surface area (Å²) in [5, 5.41) is 0. The van der Waals surface area contributed by atoms with Crippen molar-refractivity contribution in [1.82, 2.24) is 9.97 Å². The second-order valence-corrected chi connectivity index (χ2v) is 8.68. The molecule has 1 saturated heterocycles. The lowest BCUT2D eigenvalue weighted by Crippen LogP contribution is -2.40. The molecule has 0 radical (unpaired) electrons. The van der Waals surface area contributed by atoms with Crippen LogP contribution >= 0.6 is 0 Å². The number of anilines is 1. The molecule has 2 heterocycles. The van der Waals surface area contributed by atoms with Crippen LogP contribution in [0.4, 0.5) is 19.0 Å². The first-order valence-corrected chi connectivity index (χ1v) is 11.6. The highest BCUT2D eigenvalue weighted by Gasteiger charge is 2.29. The van der Waals surface area contributed by atoms with Gasteiger partial charge in [-0.15, -0.1) is 0 Å². The quantitative estimate of drug-likeness (QED) is 0.478. The van der Waals surface area contributed by atoms with Crippen LogP contribution in [-0.4, -0.2) is 41.7 Å². The fourth-order valence-corrected chi connectivity index (χ4v) is 4.16. The number of carbonyl (C=O) groups excluding carboxylic acids is 1. The van der Waals surface area contributed by atoms with Gasteiger partial charge < -0.3 is 20.1 Å². The predicted molar refractivity (Wildman–Crippen MR) is 127 cm³/mol. The van der Waals surface area contributed by atoms with Gasteiger partial charge in [-0.25, -0.2) is 14.4 Å². The minimum atomic E-state index is -3.28. The van der Waals surface area contributed by atoms with Crippen LogP contribution in [0.25, 0.3) is 0 Å². The van der Waals surface area contributed by atoms with Crippen LogP contribution in [0.5, 0.6) is 5.75 Å². The van der Waals surface area contributed by atoms with Crippen molar-refractivity contribution in [2.24, 2.45) is 5.73 Å². The van der Waals surface area contributed by atoms with Gasteiger partial charge in [0.2, 0.25) is 5.91 Å². The van der Waals surface area contributed by atoms with E-state index in [9.17, 15) is 13.6 Å². The predicted octanol–water partition coefficient (Wildman–Crippen LogP) is 4.00. The molecule has 36 heavy (non-hydrogen) atoms. The lowest BCUT2D eigenvalue weighted by atomic mass is 10.0. The average molecular weight is 501 g/mol. The summed E-state index contributed by atoms with van der Waals surface area (Å²) in [4.78, 5) is 21.2. The second kappa shape index (κ2) is 10.9. The third-order valence-electron chi connectivity index (χ3n) is 5.86. The van der Waals surface area contributed by atoms with Gasteiger partial charge in [-0.1, -0.05) is 36.4 Å². The van der Waals surface area contributed by atoms with E-state index >= 15 is 4.39 Å². The van der Waals surface area contributed by atoms with E-state index in [-0.39, 0.29) is 24.0 Å². The van der Waals surface area contributed by atoms with Crippen molar-refractivity contribution in [3.05, 3.63) is 83.1 Å². The van der Waals surface area contributed by atoms with Gasteiger partial charge in [0.25, 0.3) is 0 Å². The van der Waals surface area contributed by atoms with E-state index in [1.165, 1.54) is 18.5 Å². The Kier molecular flexibility index (Phi) is 7.73. The van der Waals surface area contributed by atoms with Gasteiger partial charge >= 0.3 is 6.11 Å². The summed E-state index contributed by atoms with van der Waals surface area (Å²) in [6.45, 7) is 1.77. The number of alkyl halides is 2. The van der Waals surface area contributed by atoms with Crippen LogP contribution in [0.1, 0.15) is 35.3 Å². The molecule has 1 fully saturated rings. The lowest BCUT2D eigenvalue weighted by Gasteiger charge is -2.37. The molecule has 190 valence electrons. The molecule has 1 amide bonds. The number of rotatable bonds is 9. The Bertz CT molecular complexity index is 1180. The van der Waals surface area contributed by atoms with E-state index in [0.717, 1.165) is 16.7 Å². The normalized spacial score (nSPS) is 16.1. The molecule has 1 unspecified atom stereocenters. The van der Waals surface area contributed by atoms with Crippen molar-refractivity contribution in [3.8, 4) is 5.75 Å². The zero-order chi connectivity index (χ0) is 25.7. The van der Waals surface area contributed by atoms with Crippen molar-refractivity contribution >= 4 is 11.7 Å². The molecule has 2 N–H and O–H groups in total. The number of aryl methyl sites for hydroxylation is 2. The Balaban J connectivity index is 1.49. The number of aromatic nitrogens is 2. The number of morpholine rings is 1. The standard InChI is InChI=1S/C26H27F3N4O3/c1-26(28,29)36-20-9-7-19(8-10-20)22-15-35-13-12-33(22)25-24(27)21(31-16-32-25)11-6-17-2-4-18(5-3-17)14-23(30)34/h2-5,7-10,16,22H,6,11-15H2,1H3,(H2,30,34). The van der Waals surface area contributed by atoms with Gasteiger partial charge in [-0.3, -0.25) is 4.79 Å². The molecule has 0 spiro atoms. The van der Waals surface area contributed by atoms with E-state index in [0.29, 0.717) is 45.2 Å². The van der Waals surface area contributed by atoms with Crippen LogP contribution in [0.15, 0.2) is 54.9 Å². The van der Waals surface area contributed by atoms with E-state index in [4.69, 9.17) is 10.5 Å². The van der Waals surface area contributed by atoms with E-state index in [1.807, 2.05) is 29.2 Å². The fraction of sp³-hybridized carbons (Fsp3) is 0.346. The number of nitrogens with zero attached hydrogens (tertiary/aromatic N) is 3. The Labute approximate surface area is 207 Å². The number of halogens is 3. The molecule has 10 heteroatoms. The lowest BCUT2D eigenvalue weighted by molar-refractivity contribution is -0.159. The van der Waals surface area contributed by atoms with E-state index in [2.05, 4.69) is 14.7 Å². The third-order valence-corrected chi connectivity index (χ3v) is 5.86. The highest BCUT2D eigenvalue weighted by molar-refractivity contribution is 5.76. The molecule has 0 saturated carbocycles. The van der Waals surface area contributed by atoms with E-state index < -0.39 is 17.8 Å². The summed E-state index contributed by atoms with van der Waals surface area (Å²) in [6.07, 6.45) is -0.848. The Morgan fingerprint density at radius 1 is 1.11 bits per heavy atom. The third kappa shape index (κ3) is 6.51. The minimum Gasteiger partial charge on any atom is -0.433 e. The first-order chi connectivity index (χ1) is 17.2. The van der Waals surface area contributed by atoms with Gasteiger partial charge in [0, 0.05) is 13.5 Å². The summed E-state index contributed by atoms with van der Waals surface area (Å²) in [7, 11) is 0. The average Bonchev–Trinajstić information content (AvgIpc) is 2.84. The summed E-state index contributed by atoms with van der Waals surface area (Å²) in [6, 6.07) is 13.3. The molecular weight excluding hydrogens is 473 g/mol. The van der Waals surface area contributed by atoms with Crippen LogP contribution in [0.2, 0.25) is 0 Å². The van der Waals surface area contributed by atoms with E-state index in [1.54, 1.807) is 12.1 Å². The zero-order valence-electron chi connectivity index (χ0n) is 19.8. The van der Waals surface area contributed by atoms with Crippen LogP contribution in [0.3, 0.4) is 0 Å². The van der Waals surface area contributed by atoms with Crippen molar-refractivity contribution in [2.45, 2.75) is 38.3 Å². The maximum absolute atomic E-state index is 15.5. The van der Waals surface area contributed by atoms with Crippen LogP contribution < -0.4 is 15.4 Å². The van der Waals surface area contributed by atoms with Crippen LogP contribution in [-0.2, 0) is 28.8 Å². The molecule has 0 bridgehead atoms. The molecular formula is C26H27F3N4O3. The largest absolute Gasteiger partial charge is 0.433 e. The monoisotopic (exact) mass is 500 g/mol. The van der Waals surface area contributed by atoms with Crippen molar-refractivity contribution in [2.75, 3.05) is 24.7 Å². The van der Waals surface area contributed by atoms with Crippen molar-refractivity contribution < 1.29 is 27.4 Å². The Hall–Kier alpha value is -3.66. The van der Waals surface area contributed by atoms with Gasteiger partial charge in [0.1, 0.15) is 12.1 Å². The number of nitrogens with two attached hydrogens (primary N) is 1. The number of ether oxygens (including phenoxy) is 2. The number of hydrogen-bond donors (Lipinski definition) is 1. The first-order valence-electron chi connectivity index (χ1n) is 11.6. The summed E-state index contributed by atoms with van der Waals surface area (Å²) in [5.41, 5.74) is 8.08. The molecule has 1 aromatic heterocycles. The molecule has 1 aliphatic rings. The van der Waals surface area contributed by atoms with Gasteiger partial charge in [-0.2, -0.15) is 8.78 Å². The Morgan fingerprint density at radius 3 is 2.47 bits per heavy atom. The zero-order valence-corrected chi connectivity index (χ0v) is 19.8. The molecule has 7 nitrogen and oxygen atoms in total. The summed E-state index contributed by atoms with van der Waals surface area (Å²) < 4.78 is 52.0. The number of hydrogen-bond acceptors (Lipinski definition) is 6. The highest BCUT2D eigenvalue weighted by atomic mass is 19.3. The van der Waals surface area contributed by atoms with Crippen LogP contribution in [0, 0.1) is 5.82 Å².